The summed E-state index contributed by atoms with van der Waals surface area (Å²) >= 11 is 0. The maximum absolute atomic E-state index is 12.9. The molecule has 0 atom stereocenters. The van der Waals surface area contributed by atoms with Gasteiger partial charge in [0, 0.05) is 19.1 Å². The molecule has 2 aliphatic rings. The first-order valence-corrected chi connectivity index (χ1v) is 11.0. The van der Waals surface area contributed by atoms with E-state index >= 15 is 0 Å². The van der Waals surface area contributed by atoms with Gasteiger partial charge in [0.05, 0.1) is 12.1 Å². The number of alkyl halides is 3. The molecule has 2 fully saturated rings. The Kier molecular flexibility index (Phi) is 5.42. The number of hydrogen-bond donors (Lipinski definition) is 1. The number of nitrogens with zero attached hydrogens (tertiary/aromatic N) is 4. The van der Waals surface area contributed by atoms with Crippen molar-refractivity contribution in [3.63, 3.8) is 0 Å². The number of benzene rings is 1. The van der Waals surface area contributed by atoms with Gasteiger partial charge in [-0.25, -0.2) is 14.6 Å². The molecule has 12 heteroatoms. The van der Waals surface area contributed by atoms with Crippen molar-refractivity contribution in [2.24, 2.45) is 0 Å². The number of carbonyl (C=O) groups excluding carboxylic acids is 1. The van der Waals surface area contributed by atoms with Gasteiger partial charge < -0.3 is 9.72 Å². The number of fused-ring (bicyclic) bond motifs is 1. The number of amides is 1. The van der Waals surface area contributed by atoms with Gasteiger partial charge in [0.1, 0.15) is 5.75 Å². The Morgan fingerprint density at radius 2 is 1.89 bits per heavy atom. The van der Waals surface area contributed by atoms with Crippen LogP contribution in [0.1, 0.15) is 49.2 Å². The van der Waals surface area contributed by atoms with Crippen molar-refractivity contribution in [2.75, 3.05) is 13.6 Å². The highest BCUT2D eigenvalue weighted by molar-refractivity contribution is 5.72. The summed E-state index contributed by atoms with van der Waals surface area (Å²) in [6.07, 6.45) is -2.20. The summed E-state index contributed by atoms with van der Waals surface area (Å²) in [5.41, 5.74) is -1.23. The smallest absolute Gasteiger partial charge is 0.410 e. The molecule has 2 aromatic heterocycles. The Morgan fingerprint density at radius 3 is 2.54 bits per heavy atom. The topological polar surface area (TPSA) is 102 Å². The van der Waals surface area contributed by atoms with Gasteiger partial charge in [0.2, 0.25) is 0 Å². The van der Waals surface area contributed by atoms with Crippen molar-refractivity contribution < 1.29 is 22.7 Å². The number of rotatable bonds is 4. The molecule has 1 N–H and O–H groups in total. The molecule has 3 aromatic rings. The minimum absolute atomic E-state index is 0.0106. The summed E-state index contributed by atoms with van der Waals surface area (Å²) < 4.78 is 46.3. The third kappa shape index (κ3) is 4.53. The van der Waals surface area contributed by atoms with Crippen molar-refractivity contribution >= 4 is 17.3 Å². The minimum atomic E-state index is -4.56. The van der Waals surface area contributed by atoms with Crippen molar-refractivity contribution in [3.05, 3.63) is 56.5 Å². The van der Waals surface area contributed by atoms with Gasteiger partial charge >= 0.3 is 18.0 Å². The number of carbonyl (C=O) groups is 1. The maximum atomic E-state index is 12.9. The quantitative estimate of drug-likeness (QED) is 0.570. The number of ether oxygens (including phenoxy) is 1. The molecular weight excluding hydrogens is 467 g/mol. The van der Waals surface area contributed by atoms with E-state index < -0.39 is 23.4 Å². The molecule has 1 aromatic carbocycles. The van der Waals surface area contributed by atoms with Gasteiger partial charge in [-0.15, -0.1) is 0 Å². The van der Waals surface area contributed by atoms with E-state index in [0.29, 0.717) is 0 Å². The number of halogens is 3. The van der Waals surface area contributed by atoms with Crippen LogP contribution < -0.4 is 16.0 Å². The number of imidazole rings is 1. The molecule has 0 aliphatic heterocycles. The van der Waals surface area contributed by atoms with Crippen molar-refractivity contribution in [1.29, 1.82) is 0 Å². The Morgan fingerprint density at radius 1 is 1.20 bits per heavy atom. The lowest BCUT2D eigenvalue weighted by molar-refractivity contribution is -0.137. The largest absolute Gasteiger partial charge is 0.416 e. The van der Waals surface area contributed by atoms with E-state index in [1.54, 1.807) is 4.57 Å². The number of hydrogen-bond acceptors (Lipinski definition) is 5. The van der Waals surface area contributed by atoms with Crippen LogP contribution in [0.5, 0.6) is 5.75 Å². The molecule has 35 heavy (non-hydrogen) atoms. The fraction of sp³-hybridized carbons (Fsp3) is 0.391. The standard InChI is InChI=1S/C23H20F3N5O4/c1-29(22(34)35-16-5-2-4-13(12-16)23(24,25)26)11-3-6-17-27-18-19(28-17)30(14-7-8-14)21(33)31(20(18)32)15-9-10-15/h2,4-5,12,14-15H,7-11H2,1H3,(H,27,28). The Balaban J connectivity index is 1.33. The summed E-state index contributed by atoms with van der Waals surface area (Å²) in [7, 11) is 1.38. The first kappa shape index (κ1) is 22.8. The molecule has 9 nitrogen and oxygen atoms in total. The lowest BCUT2D eigenvalue weighted by atomic mass is 10.2. The Hall–Kier alpha value is -4.01. The second-order valence-corrected chi connectivity index (χ2v) is 8.63. The van der Waals surface area contributed by atoms with Crippen molar-refractivity contribution in [2.45, 2.75) is 43.9 Å². The molecule has 1 amide bonds. The highest BCUT2D eigenvalue weighted by Crippen LogP contribution is 2.37. The number of nitrogens with one attached hydrogen (secondary N) is 1. The predicted octanol–water partition coefficient (Wildman–Crippen LogP) is 3.06. The van der Waals surface area contributed by atoms with Crippen LogP contribution in [0.2, 0.25) is 0 Å². The number of aromatic amines is 1. The van der Waals surface area contributed by atoms with Gasteiger partial charge in [-0.3, -0.25) is 18.8 Å². The van der Waals surface area contributed by atoms with Crippen LogP contribution in [-0.2, 0) is 6.18 Å². The molecule has 2 saturated carbocycles. The van der Waals surface area contributed by atoms with Gasteiger partial charge in [-0.2, -0.15) is 13.2 Å². The molecule has 0 radical (unpaired) electrons. The summed E-state index contributed by atoms with van der Waals surface area (Å²) in [6, 6.07) is 3.93. The summed E-state index contributed by atoms with van der Waals surface area (Å²) in [4.78, 5) is 46.3. The molecule has 0 spiro atoms. The van der Waals surface area contributed by atoms with Crippen LogP contribution in [0, 0.1) is 11.8 Å². The van der Waals surface area contributed by atoms with Crippen LogP contribution >= 0.6 is 0 Å². The van der Waals surface area contributed by atoms with Crippen LogP contribution in [0.4, 0.5) is 18.0 Å². The molecule has 0 unspecified atom stereocenters. The maximum Gasteiger partial charge on any atom is 0.416 e. The zero-order valence-corrected chi connectivity index (χ0v) is 18.6. The fourth-order valence-electron chi connectivity index (χ4n) is 3.70. The van der Waals surface area contributed by atoms with Gasteiger partial charge in [0.15, 0.2) is 17.0 Å². The van der Waals surface area contributed by atoms with Gasteiger partial charge in [-0.1, -0.05) is 12.0 Å². The molecule has 182 valence electrons. The van der Waals surface area contributed by atoms with E-state index in [-0.39, 0.29) is 47.1 Å². The normalized spacial score (nSPS) is 15.5. The van der Waals surface area contributed by atoms with Crippen LogP contribution in [-0.4, -0.2) is 43.7 Å². The summed E-state index contributed by atoms with van der Waals surface area (Å²) in [6.45, 7) is -0.115. The van der Waals surface area contributed by atoms with Crippen LogP contribution in [0.25, 0.3) is 11.2 Å². The Labute approximate surface area is 196 Å². The van der Waals surface area contributed by atoms with Gasteiger partial charge in [0.25, 0.3) is 5.56 Å². The van der Waals surface area contributed by atoms with Crippen molar-refractivity contribution in [1.82, 2.24) is 24.0 Å². The van der Waals surface area contributed by atoms with Crippen LogP contribution in [0.15, 0.2) is 33.9 Å². The average Bonchev–Trinajstić information content (AvgIpc) is 3.73. The molecule has 0 saturated heterocycles. The molecule has 2 aliphatic carbocycles. The Bertz CT molecular complexity index is 1500. The fourth-order valence-corrected chi connectivity index (χ4v) is 3.70. The SMILES string of the molecule is CN(CC#Cc1nc2c([nH]1)c(=O)n(C1CC1)c(=O)n2C1CC1)C(=O)Oc1cccc(C(F)(F)F)c1. The van der Waals surface area contributed by atoms with Crippen LogP contribution in [0.3, 0.4) is 0 Å². The first-order chi connectivity index (χ1) is 16.6. The van der Waals surface area contributed by atoms with E-state index in [2.05, 4.69) is 21.8 Å². The zero-order chi connectivity index (χ0) is 24.9. The number of aromatic nitrogens is 4. The van der Waals surface area contributed by atoms with E-state index in [0.717, 1.165) is 48.8 Å². The third-order valence-corrected chi connectivity index (χ3v) is 5.78. The molecule has 0 bridgehead atoms. The lowest BCUT2D eigenvalue weighted by Gasteiger charge is -2.14. The third-order valence-electron chi connectivity index (χ3n) is 5.78. The highest BCUT2D eigenvalue weighted by atomic mass is 19.4. The molecular formula is C23H20F3N5O4. The second-order valence-electron chi connectivity index (χ2n) is 8.63. The van der Waals surface area contributed by atoms with E-state index in [1.807, 2.05) is 0 Å². The predicted molar refractivity (Wildman–Crippen MR) is 118 cm³/mol. The number of H-pyrrole nitrogens is 1. The monoisotopic (exact) mass is 487 g/mol. The first-order valence-electron chi connectivity index (χ1n) is 11.0. The average molecular weight is 487 g/mol. The van der Waals surface area contributed by atoms with E-state index in [4.69, 9.17) is 4.74 Å². The highest BCUT2D eigenvalue weighted by Gasteiger charge is 2.34. The van der Waals surface area contributed by atoms with Gasteiger partial charge in [-0.05, 0) is 49.8 Å². The van der Waals surface area contributed by atoms with E-state index in [1.165, 1.54) is 17.7 Å². The zero-order valence-electron chi connectivity index (χ0n) is 18.6. The molecule has 2 heterocycles. The van der Waals surface area contributed by atoms with E-state index in [9.17, 15) is 27.6 Å². The summed E-state index contributed by atoms with van der Waals surface area (Å²) in [5, 5.41) is 0. The minimum Gasteiger partial charge on any atom is -0.410 e. The molecule has 5 rings (SSSR count). The van der Waals surface area contributed by atoms with Crippen molar-refractivity contribution in [3.8, 4) is 17.6 Å². The lowest BCUT2D eigenvalue weighted by Crippen LogP contribution is -2.39. The summed E-state index contributed by atoms with van der Waals surface area (Å²) in [5.74, 6) is 5.37. The second kappa shape index (κ2) is 8.33.